The Hall–Kier alpha value is -4.93. The molecule has 0 saturated heterocycles. The van der Waals surface area contributed by atoms with Crippen LogP contribution in [0, 0.1) is 6.92 Å². The number of carbonyl (C=O) groups is 2. The third kappa shape index (κ3) is 9.14. The fourth-order valence-electron chi connectivity index (χ4n) is 7.93. The Kier molecular flexibility index (Phi) is 14.3. The molecule has 4 heterocycles. The van der Waals surface area contributed by atoms with Crippen LogP contribution in [0.3, 0.4) is 0 Å². The molecule has 2 fully saturated rings. The topological polar surface area (TPSA) is 98.4 Å². The standard InChI is InChI=1S/C23H28N3O2.C20H23N4O.2ClH/c1-17-22(24-20-12-7-4-8-13-20)25-15-9-14-21(23(25)26(17)18(2)27)28-16-19-10-5-3-6-11-19;1-15(25)24-18(16-9-4-2-5-10-16)19(22-17-11-6-3-7-12-17)23-14-8-13-21-20(23)24;;/h3,5-6,9-11,14-15,20,24H,4,7-8,12-13,16H2,1-2H3;2,4-5,8-10,13-14,17,22H,3,6-7,11-12H2,1H3;2*1H/q2*+1;;/p-2. The van der Waals surface area contributed by atoms with Crippen molar-refractivity contribution in [3.8, 4) is 17.0 Å². The van der Waals surface area contributed by atoms with Crippen LogP contribution in [0.1, 0.15) is 98.9 Å². The summed E-state index contributed by atoms with van der Waals surface area (Å²) in [5, 5.41) is 7.42. The molecule has 8 rings (SSSR count). The zero-order valence-corrected chi connectivity index (χ0v) is 33.4. The summed E-state index contributed by atoms with van der Waals surface area (Å²) in [5.74, 6) is 3.25. The largest absolute Gasteiger partial charge is 1.00 e. The summed E-state index contributed by atoms with van der Waals surface area (Å²) in [6.45, 7) is 5.66. The van der Waals surface area contributed by atoms with Gasteiger partial charge in [-0.15, -0.1) is 4.98 Å². The molecule has 0 radical (unpaired) electrons. The molecule has 290 valence electrons. The molecule has 0 atom stereocenters. The van der Waals surface area contributed by atoms with E-state index >= 15 is 0 Å². The second-order valence-corrected chi connectivity index (χ2v) is 14.3. The fraction of sp³-hybridized carbons (Fsp3) is 0.372. The Morgan fingerprint density at radius 3 is 1.87 bits per heavy atom. The van der Waals surface area contributed by atoms with Gasteiger partial charge in [0.15, 0.2) is 17.1 Å². The van der Waals surface area contributed by atoms with Gasteiger partial charge in [-0.1, -0.05) is 99.2 Å². The van der Waals surface area contributed by atoms with Gasteiger partial charge in [0.2, 0.25) is 5.82 Å². The molecule has 0 unspecified atom stereocenters. The highest BCUT2D eigenvalue weighted by Gasteiger charge is 2.31. The molecule has 0 aliphatic heterocycles. The number of halogens is 2. The number of rotatable bonds is 8. The lowest BCUT2D eigenvalue weighted by molar-refractivity contribution is -0.497. The van der Waals surface area contributed by atoms with E-state index in [1.54, 1.807) is 29.2 Å². The third-order valence-corrected chi connectivity index (χ3v) is 10.5. The number of nitrogens with zero attached hydrogens (tertiary/aromatic N) is 5. The number of nitrogens with one attached hydrogen (secondary N) is 2. The second kappa shape index (κ2) is 19.1. The van der Waals surface area contributed by atoms with Crippen molar-refractivity contribution < 1.29 is 47.9 Å². The van der Waals surface area contributed by atoms with Crippen molar-refractivity contribution >= 4 is 34.9 Å². The first-order chi connectivity index (χ1) is 25.9. The molecule has 4 aromatic heterocycles. The van der Waals surface area contributed by atoms with Crippen molar-refractivity contribution in [2.45, 2.75) is 104 Å². The first kappa shape index (κ1) is 41.2. The molecule has 0 bridgehead atoms. The van der Waals surface area contributed by atoms with E-state index in [9.17, 15) is 9.59 Å². The number of imidazole rings is 2. The number of fused-ring (bicyclic) bond motifs is 2. The van der Waals surface area contributed by atoms with Gasteiger partial charge in [0.25, 0.3) is 23.3 Å². The molecular weight excluding hydrogens is 733 g/mol. The molecule has 0 amide bonds. The molecule has 2 N–H and O–H groups in total. The van der Waals surface area contributed by atoms with Gasteiger partial charge in [-0.05, 0) is 56.4 Å². The first-order valence-electron chi connectivity index (χ1n) is 19.1. The molecule has 0 spiro atoms. The van der Waals surface area contributed by atoms with Gasteiger partial charge < -0.3 is 34.9 Å². The van der Waals surface area contributed by atoms with Crippen LogP contribution >= 0.6 is 0 Å². The second-order valence-electron chi connectivity index (χ2n) is 14.3. The van der Waals surface area contributed by atoms with Crippen LogP contribution in [-0.2, 0) is 6.61 Å². The predicted molar refractivity (Wildman–Crippen MR) is 208 cm³/mol. The summed E-state index contributed by atoms with van der Waals surface area (Å²) in [6, 6.07) is 26.9. The average molecular weight is 785 g/mol. The van der Waals surface area contributed by atoms with E-state index in [1.165, 1.54) is 64.2 Å². The van der Waals surface area contributed by atoms with Crippen LogP contribution in [0.15, 0.2) is 97.5 Å². The van der Waals surface area contributed by atoms with Crippen LogP contribution in [0.25, 0.3) is 22.7 Å². The van der Waals surface area contributed by atoms with Crippen LogP contribution in [0.5, 0.6) is 5.75 Å². The summed E-state index contributed by atoms with van der Waals surface area (Å²) in [4.78, 5) is 29.4. The highest BCUT2D eigenvalue weighted by atomic mass is 35.5. The summed E-state index contributed by atoms with van der Waals surface area (Å²) in [6.07, 6.45) is 18.1. The Morgan fingerprint density at radius 2 is 1.27 bits per heavy atom. The number of pyridine rings is 1. The molecule has 55 heavy (non-hydrogen) atoms. The molecule has 2 saturated carbocycles. The van der Waals surface area contributed by atoms with Gasteiger partial charge in [-0.2, -0.15) is 17.9 Å². The van der Waals surface area contributed by atoms with Gasteiger partial charge in [0.1, 0.15) is 6.61 Å². The lowest BCUT2D eigenvalue weighted by Gasteiger charge is -2.21. The smallest absolute Gasteiger partial charge is 0.366 e. The SMILES string of the molecule is CC(=O)n1c(-c2ccccc2)c(NC2CCCCC2)[n+]2cccnc12.CC(=O)n1c(C)c(NC2CCCCC2)[n+]2cccc(OCc3ccccc3)c12.[Cl-].[Cl-]. The maximum atomic E-state index is 12.5. The van der Waals surface area contributed by atoms with E-state index in [0.717, 1.165) is 39.8 Å². The molecule has 10 nitrogen and oxygen atoms in total. The van der Waals surface area contributed by atoms with Crippen LogP contribution in [0.2, 0.25) is 0 Å². The van der Waals surface area contributed by atoms with Crippen molar-refractivity contribution in [3.63, 3.8) is 0 Å². The molecular formula is C43H51Cl2N7O3. The highest BCUT2D eigenvalue weighted by Crippen LogP contribution is 2.31. The lowest BCUT2D eigenvalue weighted by Crippen LogP contribution is -3.00. The number of ether oxygens (including phenoxy) is 1. The maximum Gasteiger partial charge on any atom is 0.366 e. The van der Waals surface area contributed by atoms with Crippen molar-refractivity contribution in [3.05, 3.63) is 109 Å². The van der Waals surface area contributed by atoms with Crippen molar-refractivity contribution in [2.75, 3.05) is 10.6 Å². The van der Waals surface area contributed by atoms with Gasteiger partial charge in [0.05, 0.1) is 30.7 Å². The monoisotopic (exact) mass is 783 g/mol. The summed E-state index contributed by atoms with van der Waals surface area (Å²) >= 11 is 0. The third-order valence-electron chi connectivity index (χ3n) is 10.5. The van der Waals surface area contributed by atoms with Crippen LogP contribution in [-0.4, -0.2) is 38.0 Å². The van der Waals surface area contributed by atoms with Gasteiger partial charge in [-0.3, -0.25) is 14.9 Å². The van der Waals surface area contributed by atoms with Crippen molar-refractivity contribution in [1.29, 1.82) is 0 Å². The fourth-order valence-corrected chi connectivity index (χ4v) is 7.93. The van der Waals surface area contributed by atoms with E-state index in [1.807, 2.05) is 103 Å². The normalized spacial score (nSPS) is 14.6. The minimum absolute atomic E-state index is 0. The molecule has 2 aromatic carbocycles. The van der Waals surface area contributed by atoms with Gasteiger partial charge >= 0.3 is 5.78 Å². The number of benzene rings is 2. The predicted octanol–water partition coefficient (Wildman–Crippen LogP) is 2.22. The quantitative estimate of drug-likeness (QED) is 0.230. The van der Waals surface area contributed by atoms with Crippen molar-refractivity contribution in [1.82, 2.24) is 14.1 Å². The summed E-state index contributed by atoms with van der Waals surface area (Å²) in [5.41, 5.74) is 4.71. The van der Waals surface area contributed by atoms with Crippen LogP contribution in [0.4, 0.5) is 11.6 Å². The number of hydrogen-bond acceptors (Lipinski definition) is 6. The Morgan fingerprint density at radius 1 is 0.709 bits per heavy atom. The summed E-state index contributed by atoms with van der Waals surface area (Å²) < 4.78 is 13.7. The van der Waals surface area contributed by atoms with Gasteiger partial charge in [-0.25, -0.2) is 0 Å². The van der Waals surface area contributed by atoms with E-state index in [-0.39, 0.29) is 36.6 Å². The minimum Gasteiger partial charge on any atom is -1.00 e. The first-order valence-corrected chi connectivity index (χ1v) is 19.1. The average Bonchev–Trinajstić information content (AvgIpc) is 3.67. The molecule has 2 aliphatic carbocycles. The molecule has 6 aromatic rings. The zero-order chi connectivity index (χ0) is 36.7. The van der Waals surface area contributed by atoms with E-state index < -0.39 is 0 Å². The van der Waals surface area contributed by atoms with E-state index in [2.05, 4.69) is 20.0 Å². The van der Waals surface area contributed by atoms with Crippen LogP contribution < -0.4 is 49.0 Å². The molecule has 2 aliphatic rings. The number of carbonyl (C=O) groups excluding carboxylic acids is 2. The Bertz CT molecular complexity index is 2190. The number of aromatic nitrogens is 5. The Labute approximate surface area is 335 Å². The van der Waals surface area contributed by atoms with E-state index in [4.69, 9.17) is 4.74 Å². The summed E-state index contributed by atoms with van der Waals surface area (Å²) in [7, 11) is 0. The number of hydrogen-bond donors (Lipinski definition) is 2. The van der Waals surface area contributed by atoms with Gasteiger partial charge in [0, 0.05) is 19.4 Å². The Balaban J connectivity index is 0.000000205. The van der Waals surface area contributed by atoms with E-state index in [0.29, 0.717) is 30.2 Å². The minimum atomic E-state index is -0.0354. The number of anilines is 2. The highest BCUT2D eigenvalue weighted by molar-refractivity contribution is 5.89. The maximum absolute atomic E-state index is 12.5. The lowest BCUT2D eigenvalue weighted by atomic mass is 9.95. The zero-order valence-electron chi connectivity index (χ0n) is 31.9. The molecule has 12 heteroatoms. The van der Waals surface area contributed by atoms with Crippen molar-refractivity contribution in [2.24, 2.45) is 0 Å².